The molecule has 0 radical (unpaired) electrons. The van der Waals surface area contributed by atoms with Gasteiger partial charge in [0.25, 0.3) is 0 Å². The van der Waals surface area contributed by atoms with E-state index in [1.165, 1.54) is 43.6 Å². The largest absolute Gasteiger partial charge is 0.396 e. The number of aromatic nitrogens is 3. The maximum absolute atomic E-state index is 15.2. The summed E-state index contributed by atoms with van der Waals surface area (Å²) in [5.41, 5.74) is 5.39. The average molecular weight is 544 g/mol. The number of nitrogens with one attached hydrogen (secondary N) is 1. The van der Waals surface area contributed by atoms with Gasteiger partial charge in [-0.25, -0.2) is 26.9 Å². The van der Waals surface area contributed by atoms with Crippen molar-refractivity contribution in [3.8, 4) is 11.3 Å². The predicted octanol–water partition coefficient (Wildman–Crippen LogP) is 2.92. The minimum Gasteiger partial charge on any atom is -0.396 e. The van der Waals surface area contributed by atoms with Gasteiger partial charge >= 0.3 is 0 Å². The predicted molar refractivity (Wildman–Crippen MR) is 137 cm³/mol. The van der Waals surface area contributed by atoms with Gasteiger partial charge in [0.1, 0.15) is 11.9 Å². The molecule has 1 fully saturated rings. The number of rotatable bonds is 6. The number of aliphatic hydroxyl groups is 2. The monoisotopic (exact) mass is 543 g/mol. The van der Waals surface area contributed by atoms with Crippen LogP contribution in [-0.4, -0.2) is 50.8 Å². The number of nitrogen functional groups attached to an aromatic ring is 1. The number of sulfonamides is 1. The van der Waals surface area contributed by atoms with Crippen molar-refractivity contribution in [1.82, 2.24) is 19.1 Å². The molecule has 4 aromatic rings. The quantitative estimate of drug-likeness (QED) is 0.274. The summed E-state index contributed by atoms with van der Waals surface area (Å²) in [4.78, 5) is 8.71. The lowest BCUT2D eigenvalue weighted by atomic mass is 9.72. The van der Waals surface area contributed by atoms with Crippen molar-refractivity contribution in [2.45, 2.75) is 55.0 Å². The molecule has 9 nitrogen and oxygen atoms in total. The summed E-state index contributed by atoms with van der Waals surface area (Å²) < 4.78 is 60.1. The Hall–Kier alpha value is -3.45. The molecule has 5 N–H and O–H groups in total. The first-order valence-electron chi connectivity index (χ1n) is 12.0. The fraction of sp³-hybridized carbons (Fsp3) is 0.308. The third kappa shape index (κ3) is 4.53. The molecule has 1 saturated carbocycles. The van der Waals surface area contributed by atoms with E-state index in [1.54, 1.807) is 28.8 Å². The molecule has 4 atom stereocenters. The van der Waals surface area contributed by atoms with E-state index in [1.807, 2.05) is 0 Å². The zero-order valence-corrected chi connectivity index (χ0v) is 21.2. The Morgan fingerprint density at radius 3 is 2.66 bits per heavy atom. The lowest BCUT2D eigenvalue weighted by Crippen LogP contribution is -2.53. The van der Waals surface area contributed by atoms with Crippen LogP contribution in [-0.2, 0) is 16.6 Å². The van der Waals surface area contributed by atoms with E-state index in [-0.39, 0.29) is 45.9 Å². The first kappa shape index (κ1) is 26.2. The fourth-order valence-electron chi connectivity index (χ4n) is 5.10. The highest BCUT2D eigenvalue weighted by molar-refractivity contribution is 7.89. The summed E-state index contributed by atoms with van der Waals surface area (Å²) in [5.74, 6) is -1.46. The molecular formula is C26H27F2N5O4S. The number of anilines is 1. The van der Waals surface area contributed by atoms with Gasteiger partial charge in [-0.1, -0.05) is 24.3 Å². The number of nitrogens with two attached hydrogens (primary N) is 1. The molecule has 0 aliphatic heterocycles. The third-order valence-electron chi connectivity index (χ3n) is 7.15. The number of aliphatic hydroxyl groups excluding tert-OH is 1. The van der Waals surface area contributed by atoms with Crippen LogP contribution in [0.2, 0.25) is 0 Å². The standard InChI is InChI=1S/C26H27F2N5O4S/c1-26(35)12-19(27)20(32-38(36,37)16-5-3-2-4-6-16)11-18(26)21-13-31-25-24(30-9-10-33(21)25)17-8-7-15(14-34)23(29)22(17)28/h2-10,13,18-20,32,34-35H,11-12,14,29H2,1H3/t18-,19-,20-,26-/m1/s1. The van der Waals surface area contributed by atoms with E-state index in [0.717, 1.165) is 0 Å². The lowest BCUT2D eigenvalue weighted by Gasteiger charge is -2.42. The molecule has 0 unspecified atom stereocenters. The van der Waals surface area contributed by atoms with Gasteiger partial charge in [0.05, 0.1) is 28.8 Å². The van der Waals surface area contributed by atoms with Crippen LogP contribution >= 0.6 is 0 Å². The summed E-state index contributed by atoms with van der Waals surface area (Å²) >= 11 is 0. The van der Waals surface area contributed by atoms with E-state index < -0.39 is 46.2 Å². The summed E-state index contributed by atoms with van der Waals surface area (Å²) in [6.45, 7) is 1.08. The highest BCUT2D eigenvalue weighted by Crippen LogP contribution is 2.43. The van der Waals surface area contributed by atoms with E-state index in [2.05, 4.69) is 14.7 Å². The van der Waals surface area contributed by atoms with Gasteiger partial charge in [-0.05, 0) is 31.5 Å². The van der Waals surface area contributed by atoms with Crippen molar-refractivity contribution in [3.63, 3.8) is 0 Å². The number of hydrogen-bond acceptors (Lipinski definition) is 7. The number of halogens is 2. The molecule has 12 heteroatoms. The molecular weight excluding hydrogens is 516 g/mol. The van der Waals surface area contributed by atoms with E-state index >= 15 is 8.78 Å². The van der Waals surface area contributed by atoms with Crippen molar-refractivity contribution in [2.24, 2.45) is 0 Å². The van der Waals surface area contributed by atoms with Gasteiger partial charge in [0.15, 0.2) is 11.5 Å². The molecule has 200 valence electrons. The smallest absolute Gasteiger partial charge is 0.240 e. The Balaban J connectivity index is 1.53. The SMILES string of the molecule is C[C@@]1(O)C[C@@H](F)[C@H](NS(=O)(=O)c2ccccc2)C[C@@H]1c1cnc2c(-c3ccc(CO)c(N)c3F)nccn12. The summed E-state index contributed by atoms with van der Waals surface area (Å²) in [6.07, 6.45) is 2.54. The first-order valence-corrected chi connectivity index (χ1v) is 13.5. The molecule has 0 amide bonds. The molecule has 5 rings (SSSR count). The Kier molecular flexibility index (Phi) is 6.68. The number of nitrogens with zero attached hydrogens (tertiary/aromatic N) is 3. The Morgan fingerprint density at radius 1 is 1.21 bits per heavy atom. The Bertz CT molecular complexity index is 1590. The van der Waals surface area contributed by atoms with E-state index in [9.17, 15) is 18.6 Å². The van der Waals surface area contributed by atoms with Gasteiger partial charge in [0.2, 0.25) is 10.0 Å². The second-order valence-corrected chi connectivity index (χ2v) is 11.4. The lowest BCUT2D eigenvalue weighted by molar-refractivity contribution is -0.0376. The van der Waals surface area contributed by atoms with Crippen LogP contribution in [0.5, 0.6) is 0 Å². The highest BCUT2D eigenvalue weighted by Gasteiger charge is 2.47. The number of alkyl halides is 1. The van der Waals surface area contributed by atoms with Gasteiger partial charge < -0.3 is 20.3 Å². The number of benzene rings is 2. The van der Waals surface area contributed by atoms with Gasteiger partial charge in [-0.2, -0.15) is 0 Å². The molecule has 1 aliphatic rings. The second-order valence-electron chi connectivity index (χ2n) is 9.72. The van der Waals surface area contributed by atoms with Gasteiger partial charge in [-0.3, -0.25) is 4.98 Å². The zero-order valence-electron chi connectivity index (χ0n) is 20.4. The molecule has 0 spiro atoms. The summed E-state index contributed by atoms with van der Waals surface area (Å²) in [7, 11) is -4.00. The van der Waals surface area contributed by atoms with Gasteiger partial charge in [0, 0.05) is 47.8 Å². The summed E-state index contributed by atoms with van der Waals surface area (Å²) in [6, 6.07) is 9.53. The van der Waals surface area contributed by atoms with Crippen molar-refractivity contribution < 1.29 is 27.4 Å². The number of hydrogen-bond donors (Lipinski definition) is 4. The van der Waals surface area contributed by atoms with Crippen LogP contribution in [0.25, 0.3) is 16.9 Å². The molecule has 2 aromatic carbocycles. The fourth-order valence-corrected chi connectivity index (χ4v) is 6.40. The second kappa shape index (κ2) is 9.70. The van der Waals surface area contributed by atoms with E-state index in [4.69, 9.17) is 5.73 Å². The molecule has 1 aliphatic carbocycles. The topological polar surface area (TPSA) is 143 Å². The zero-order chi connectivity index (χ0) is 27.2. The van der Waals surface area contributed by atoms with Crippen molar-refractivity contribution in [3.05, 3.63) is 78.1 Å². The number of fused-ring (bicyclic) bond motifs is 1. The maximum atomic E-state index is 15.2. The van der Waals surface area contributed by atoms with Crippen LogP contribution in [0.3, 0.4) is 0 Å². The Labute approximate surface area is 218 Å². The van der Waals surface area contributed by atoms with Crippen LogP contribution in [0.1, 0.15) is 36.9 Å². The molecule has 2 heterocycles. The number of imidazole rings is 1. The van der Waals surface area contributed by atoms with Crippen molar-refractivity contribution in [1.29, 1.82) is 0 Å². The Morgan fingerprint density at radius 2 is 1.95 bits per heavy atom. The minimum absolute atomic E-state index is 0.0140. The first-order chi connectivity index (χ1) is 18.0. The minimum atomic E-state index is -4.00. The van der Waals surface area contributed by atoms with Crippen LogP contribution in [0.15, 0.2) is 66.0 Å². The van der Waals surface area contributed by atoms with Crippen molar-refractivity contribution >= 4 is 21.4 Å². The molecule has 2 aromatic heterocycles. The summed E-state index contributed by atoms with van der Waals surface area (Å²) in [5, 5.41) is 20.6. The molecule has 38 heavy (non-hydrogen) atoms. The normalized spacial score (nSPS) is 24.1. The third-order valence-corrected chi connectivity index (χ3v) is 8.66. The van der Waals surface area contributed by atoms with Crippen LogP contribution < -0.4 is 10.5 Å². The maximum Gasteiger partial charge on any atom is 0.240 e. The van der Waals surface area contributed by atoms with Crippen LogP contribution in [0.4, 0.5) is 14.5 Å². The highest BCUT2D eigenvalue weighted by atomic mass is 32.2. The molecule has 0 bridgehead atoms. The van der Waals surface area contributed by atoms with Crippen LogP contribution in [0, 0.1) is 5.82 Å². The van der Waals surface area contributed by atoms with E-state index in [0.29, 0.717) is 5.69 Å². The average Bonchev–Trinajstić information content (AvgIpc) is 3.31. The molecule has 0 saturated heterocycles. The van der Waals surface area contributed by atoms with Crippen molar-refractivity contribution in [2.75, 3.05) is 5.73 Å². The van der Waals surface area contributed by atoms with Gasteiger partial charge in [-0.15, -0.1) is 0 Å².